The van der Waals surface area contributed by atoms with Crippen LogP contribution in [0.3, 0.4) is 0 Å². The van der Waals surface area contributed by atoms with E-state index in [2.05, 4.69) is 29.8 Å². The van der Waals surface area contributed by atoms with E-state index in [1.54, 1.807) is 6.07 Å². The predicted octanol–water partition coefficient (Wildman–Crippen LogP) is 4.43. The van der Waals surface area contributed by atoms with E-state index < -0.39 is 0 Å². The standard InChI is InChI=1S/C10H12BrFS/c1-6(2)7-4-8(11)10(13-3)9(12)5-7/h4-6H,1-3H3. The fourth-order valence-corrected chi connectivity index (χ4v) is 2.56. The van der Waals surface area contributed by atoms with Gasteiger partial charge in [0, 0.05) is 4.47 Å². The highest BCUT2D eigenvalue weighted by Crippen LogP contribution is 2.31. The van der Waals surface area contributed by atoms with Crippen molar-refractivity contribution < 1.29 is 4.39 Å². The van der Waals surface area contributed by atoms with Crippen LogP contribution in [0.4, 0.5) is 4.39 Å². The Kier molecular flexibility index (Phi) is 3.80. The number of rotatable bonds is 2. The van der Waals surface area contributed by atoms with Crippen molar-refractivity contribution in [1.29, 1.82) is 0 Å². The van der Waals surface area contributed by atoms with E-state index in [4.69, 9.17) is 0 Å². The summed E-state index contributed by atoms with van der Waals surface area (Å²) in [6, 6.07) is 3.60. The van der Waals surface area contributed by atoms with Crippen molar-refractivity contribution in [2.45, 2.75) is 24.7 Å². The first-order chi connectivity index (χ1) is 6.06. The normalized spacial score (nSPS) is 10.9. The molecular formula is C10H12BrFS. The number of hydrogen-bond donors (Lipinski definition) is 0. The van der Waals surface area contributed by atoms with Gasteiger partial charge in [-0.1, -0.05) is 13.8 Å². The minimum Gasteiger partial charge on any atom is -0.206 e. The lowest BCUT2D eigenvalue weighted by atomic mass is 10.0. The third-order valence-electron chi connectivity index (χ3n) is 1.89. The van der Waals surface area contributed by atoms with Crippen molar-refractivity contribution in [2.24, 2.45) is 0 Å². The first-order valence-corrected chi connectivity index (χ1v) is 6.11. The molecule has 72 valence electrons. The molecule has 0 aliphatic rings. The highest BCUT2D eigenvalue weighted by atomic mass is 79.9. The van der Waals surface area contributed by atoms with Gasteiger partial charge in [0.05, 0.1) is 4.90 Å². The molecule has 0 heterocycles. The third-order valence-corrected chi connectivity index (χ3v) is 3.60. The van der Waals surface area contributed by atoms with E-state index in [-0.39, 0.29) is 5.82 Å². The van der Waals surface area contributed by atoms with Gasteiger partial charge in [-0.05, 0) is 45.8 Å². The Labute approximate surface area is 91.0 Å². The maximum Gasteiger partial charge on any atom is 0.138 e. The molecular weight excluding hydrogens is 251 g/mol. The molecule has 0 saturated carbocycles. The maximum atomic E-state index is 13.4. The maximum absolute atomic E-state index is 13.4. The molecule has 1 rings (SSSR count). The van der Waals surface area contributed by atoms with Crippen molar-refractivity contribution in [3.8, 4) is 0 Å². The third kappa shape index (κ3) is 2.47. The Bertz CT molecular complexity index is 287. The van der Waals surface area contributed by atoms with Gasteiger partial charge in [0.1, 0.15) is 5.82 Å². The van der Waals surface area contributed by atoms with E-state index in [0.717, 1.165) is 10.0 Å². The molecule has 0 aliphatic carbocycles. The van der Waals surface area contributed by atoms with Crippen LogP contribution in [0.1, 0.15) is 25.3 Å². The molecule has 0 spiro atoms. The van der Waals surface area contributed by atoms with Crippen molar-refractivity contribution in [3.63, 3.8) is 0 Å². The van der Waals surface area contributed by atoms with E-state index >= 15 is 0 Å². The molecule has 0 saturated heterocycles. The molecule has 0 radical (unpaired) electrons. The zero-order valence-corrected chi connectivity index (χ0v) is 10.3. The van der Waals surface area contributed by atoms with Crippen molar-refractivity contribution in [3.05, 3.63) is 28.0 Å². The summed E-state index contributed by atoms with van der Waals surface area (Å²) in [6.45, 7) is 4.11. The highest BCUT2D eigenvalue weighted by Gasteiger charge is 2.09. The average molecular weight is 263 g/mol. The zero-order chi connectivity index (χ0) is 10.0. The molecule has 0 unspecified atom stereocenters. The molecule has 0 bridgehead atoms. The van der Waals surface area contributed by atoms with Crippen LogP contribution in [0.5, 0.6) is 0 Å². The first kappa shape index (κ1) is 11.1. The lowest BCUT2D eigenvalue weighted by molar-refractivity contribution is 0.595. The predicted molar refractivity (Wildman–Crippen MR) is 60.0 cm³/mol. The number of benzene rings is 1. The van der Waals surface area contributed by atoms with Gasteiger partial charge in [0.2, 0.25) is 0 Å². The summed E-state index contributed by atoms with van der Waals surface area (Å²) >= 11 is 4.79. The SMILES string of the molecule is CSc1c(F)cc(C(C)C)cc1Br. The molecule has 0 atom stereocenters. The monoisotopic (exact) mass is 262 g/mol. The van der Waals surface area contributed by atoms with Crippen LogP contribution in [0.15, 0.2) is 21.5 Å². The van der Waals surface area contributed by atoms with Gasteiger partial charge in [-0.25, -0.2) is 4.39 Å². The fourth-order valence-electron chi connectivity index (χ4n) is 1.11. The molecule has 0 N–H and O–H groups in total. The van der Waals surface area contributed by atoms with E-state index in [1.807, 2.05) is 12.3 Å². The Morgan fingerprint density at radius 3 is 2.38 bits per heavy atom. The Balaban J connectivity index is 3.20. The number of halogens is 2. The summed E-state index contributed by atoms with van der Waals surface area (Å²) in [5, 5.41) is 0. The molecule has 13 heavy (non-hydrogen) atoms. The Morgan fingerprint density at radius 2 is 2.00 bits per heavy atom. The molecule has 1 aromatic rings. The van der Waals surface area contributed by atoms with Gasteiger partial charge >= 0.3 is 0 Å². The highest BCUT2D eigenvalue weighted by molar-refractivity contribution is 9.10. The molecule has 0 amide bonds. The molecule has 0 nitrogen and oxygen atoms in total. The van der Waals surface area contributed by atoms with Crippen LogP contribution >= 0.6 is 27.7 Å². The van der Waals surface area contributed by atoms with Crippen LogP contribution < -0.4 is 0 Å². The fraction of sp³-hybridized carbons (Fsp3) is 0.400. The van der Waals surface area contributed by atoms with E-state index in [0.29, 0.717) is 10.8 Å². The summed E-state index contributed by atoms with van der Waals surface area (Å²) in [5.74, 6) is 0.229. The average Bonchev–Trinajstić information content (AvgIpc) is 2.03. The smallest absolute Gasteiger partial charge is 0.138 e. The Morgan fingerprint density at radius 1 is 1.38 bits per heavy atom. The van der Waals surface area contributed by atoms with Gasteiger partial charge in [0.15, 0.2) is 0 Å². The van der Waals surface area contributed by atoms with Gasteiger partial charge in [0.25, 0.3) is 0 Å². The van der Waals surface area contributed by atoms with Crippen LogP contribution in [0.2, 0.25) is 0 Å². The van der Waals surface area contributed by atoms with Gasteiger partial charge in [-0.3, -0.25) is 0 Å². The summed E-state index contributed by atoms with van der Waals surface area (Å²) in [4.78, 5) is 0.685. The first-order valence-electron chi connectivity index (χ1n) is 4.09. The van der Waals surface area contributed by atoms with E-state index in [9.17, 15) is 4.39 Å². The molecule has 0 aliphatic heterocycles. The number of hydrogen-bond acceptors (Lipinski definition) is 1. The van der Waals surface area contributed by atoms with E-state index in [1.165, 1.54) is 11.8 Å². The lowest BCUT2D eigenvalue weighted by Crippen LogP contribution is -1.91. The second-order valence-corrected chi connectivity index (χ2v) is 4.84. The van der Waals surface area contributed by atoms with Gasteiger partial charge < -0.3 is 0 Å². The van der Waals surface area contributed by atoms with Gasteiger partial charge in [-0.2, -0.15) is 0 Å². The van der Waals surface area contributed by atoms with Crippen LogP contribution in [0.25, 0.3) is 0 Å². The minimum atomic E-state index is -0.134. The summed E-state index contributed by atoms with van der Waals surface area (Å²) in [6.07, 6.45) is 1.87. The van der Waals surface area contributed by atoms with Crippen LogP contribution in [-0.4, -0.2) is 6.26 Å². The lowest BCUT2D eigenvalue weighted by Gasteiger charge is -2.09. The largest absolute Gasteiger partial charge is 0.206 e. The quantitative estimate of drug-likeness (QED) is 0.711. The van der Waals surface area contributed by atoms with Crippen LogP contribution in [-0.2, 0) is 0 Å². The molecule has 0 fully saturated rings. The van der Waals surface area contributed by atoms with Crippen molar-refractivity contribution in [1.82, 2.24) is 0 Å². The van der Waals surface area contributed by atoms with Crippen LogP contribution in [0, 0.1) is 5.82 Å². The number of thioether (sulfide) groups is 1. The second kappa shape index (κ2) is 4.47. The minimum absolute atomic E-state index is 0.134. The topological polar surface area (TPSA) is 0 Å². The molecule has 1 aromatic carbocycles. The molecule has 0 aromatic heterocycles. The van der Waals surface area contributed by atoms with Gasteiger partial charge in [-0.15, -0.1) is 11.8 Å². The van der Waals surface area contributed by atoms with Crippen molar-refractivity contribution in [2.75, 3.05) is 6.26 Å². The molecule has 3 heteroatoms. The summed E-state index contributed by atoms with van der Waals surface area (Å²) < 4.78 is 14.3. The summed E-state index contributed by atoms with van der Waals surface area (Å²) in [7, 11) is 0. The Hall–Kier alpha value is -0.0200. The second-order valence-electron chi connectivity index (χ2n) is 3.17. The van der Waals surface area contributed by atoms with Crippen molar-refractivity contribution >= 4 is 27.7 Å². The summed E-state index contributed by atoms with van der Waals surface area (Å²) in [5.41, 5.74) is 1.03. The zero-order valence-electron chi connectivity index (χ0n) is 7.90.